The lowest BCUT2D eigenvalue weighted by molar-refractivity contribution is -0.0902. The summed E-state index contributed by atoms with van der Waals surface area (Å²) in [7, 11) is 0. The van der Waals surface area contributed by atoms with E-state index in [1.807, 2.05) is 13.0 Å². The van der Waals surface area contributed by atoms with Gasteiger partial charge in [-0.15, -0.1) is 6.58 Å². The van der Waals surface area contributed by atoms with Crippen LogP contribution in [0.15, 0.2) is 12.7 Å². The average Bonchev–Trinajstić information content (AvgIpc) is 2.21. The van der Waals surface area contributed by atoms with Crippen LogP contribution >= 0.6 is 0 Å². The lowest BCUT2D eigenvalue weighted by atomic mass is 9.68. The molecule has 0 spiro atoms. The third-order valence-corrected chi connectivity index (χ3v) is 3.74. The van der Waals surface area contributed by atoms with Gasteiger partial charge in [-0.05, 0) is 38.0 Å². The highest BCUT2D eigenvalue weighted by atomic mass is 16.5. The summed E-state index contributed by atoms with van der Waals surface area (Å²) in [5, 5.41) is 0. The summed E-state index contributed by atoms with van der Waals surface area (Å²) in [5.41, 5.74) is 6.41. The van der Waals surface area contributed by atoms with Crippen molar-refractivity contribution in [3.05, 3.63) is 12.7 Å². The molecule has 0 aliphatic heterocycles. The second kappa shape index (κ2) is 4.67. The lowest BCUT2D eigenvalue weighted by Gasteiger charge is -2.45. The molecule has 0 aromatic heterocycles. The molecule has 0 saturated heterocycles. The highest BCUT2D eigenvalue weighted by Crippen LogP contribution is 2.43. The van der Waals surface area contributed by atoms with Crippen molar-refractivity contribution in [2.24, 2.45) is 11.1 Å². The predicted molar refractivity (Wildman–Crippen MR) is 64.8 cm³/mol. The van der Waals surface area contributed by atoms with Gasteiger partial charge >= 0.3 is 0 Å². The smallest absolute Gasteiger partial charge is 0.0868 e. The summed E-state index contributed by atoms with van der Waals surface area (Å²) in [6.45, 7) is 11.2. The molecular weight excluding hydrogens is 186 g/mol. The molecule has 1 unspecified atom stereocenters. The van der Waals surface area contributed by atoms with Gasteiger partial charge < -0.3 is 10.5 Å². The van der Waals surface area contributed by atoms with Crippen LogP contribution in [-0.2, 0) is 4.74 Å². The number of ether oxygens (including phenoxy) is 1. The Balaban J connectivity index is 2.72. The van der Waals surface area contributed by atoms with E-state index >= 15 is 0 Å². The fraction of sp³-hybridized carbons (Fsp3) is 0.846. The van der Waals surface area contributed by atoms with Gasteiger partial charge in [0.2, 0.25) is 0 Å². The molecule has 2 nitrogen and oxygen atoms in total. The van der Waals surface area contributed by atoms with E-state index in [-0.39, 0.29) is 11.6 Å². The SMILES string of the molecule is C=CC(N)C1(OCC)CCC(C)(C)CC1. The molecule has 1 fully saturated rings. The minimum absolute atomic E-state index is 0.0338. The van der Waals surface area contributed by atoms with Gasteiger partial charge in [0.15, 0.2) is 0 Å². The summed E-state index contributed by atoms with van der Waals surface area (Å²) in [6, 6.07) is -0.0338. The van der Waals surface area contributed by atoms with Crippen molar-refractivity contribution >= 4 is 0 Å². The molecule has 1 aliphatic carbocycles. The molecular formula is C13H25NO. The number of hydrogen-bond donors (Lipinski definition) is 1. The van der Waals surface area contributed by atoms with Crippen molar-refractivity contribution in [1.29, 1.82) is 0 Å². The van der Waals surface area contributed by atoms with Crippen LogP contribution in [0.2, 0.25) is 0 Å². The van der Waals surface area contributed by atoms with Gasteiger partial charge in [-0.3, -0.25) is 0 Å². The van der Waals surface area contributed by atoms with Crippen molar-refractivity contribution in [1.82, 2.24) is 0 Å². The van der Waals surface area contributed by atoms with Crippen molar-refractivity contribution in [3.63, 3.8) is 0 Å². The molecule has 1 atom stereocenters. The zero-order valence-electron chi connectivity index (χ0n) is 10.4. The number of hydrogen-bond acceptors (Lipinski definition) is 2. The van der Waals surface area contributed by atoms with Gasteiger partial charge in [-0.2, -0.15) is 0 Å². The third kappa shape index (κ3) is 2.82. The van der Waals surface area contributed by atoms with Gasteiger partial charge in [0.05, 0.1) is 11.6 Å². The first-order chi connectivity index (χ1) is 6.96. The van der Waals surface area contributed by atoms with E-state index in [0.29, 0.717) is 5.41 Å². The van der Waals surface area contributed by atoms with Crippen molar-refractivity contribution < 1.29 is 4.74 Å². The van der Waals surface area contributed by atoms with Crippen LogP contribution in [0, 0.1) is 5.41 Å². The summed E-state index contributed by atoms with van der Waals surface area (Å²) in [4.78, 5) is 0. The normalized spacial score (nSPS) is 25.9. The Kier molecular flexibility index (Phi) is 3.96. The van der Waals surface area contributed by atoms with E-state index in [9.17, 15) is 0 Å². The molecule has 88 valence electrons. The molecule has 0 radical (unpaired) electrons. The van der Waals surface area contributed by atoms with Gasteiger partial charge in [0, 0.05) is 6.61 Å². The Morgan fingerprint density at radius 2 is 1.87 bits per heavy atom. The first-order valence-electron chi connectivity index (χ1n) is 5.98. The molecule has 0 aromatic carbocycles. The highest BCUT2D eigenvalue weighted by molar-refractivity contribution is 5.04. The Morgan fingerprint density at radius 1 is 1.33 bits per heavy atom. The Morgan fingerprint density at radius 3 is 2.27 bits per heavy atom. The van der Waals surface area contributed by atoms with Crippen molar-refractivity contribution in [2.45, 2.75) is 58.1 Å². The van der Waals surface area contributed by atoms with Gasteiger partial charge in [-0.1, -0.05) is 19.9 Å². The molecule has 2 N–H and O–H groups in total. The summed E-state index contributed by atoms with van der Waals surface area (Å²) < 4.78 is 5.92. The number of rotatable bonds is 4. The molecule has 0 bridgehead atoms. The first kappa shape index (κ1) is 12.7. The Hall–Kier alpha value is -0.340. The fourth-order valence-corrected chi connectivity index (χ4v) is 2.43. The van der Waals surface area contributed by atoms with Crippen LogP contribution in [0.5, 0.6) is 0 Å². The standard InChI is InChI=1S/C13H25NO/c1-5-11(14)13(15-6-2)9-7-12(3,4)8-10-13/h5,11H,1,6-10,14H2,2-4H3. The quantitative estimate of drug-likeness (QED) is 0.726. The second-order valence-electron chi connectivity index (χ2n) is 5.42. The van der Waals surface area contributed by atoms with Crippen LogP contribution in [-0.4, -0.2) is 18.2 Å². The Bertz CT molecular complexity index is 213. The van der Waals surface area contributed by atoms with Crippen LogP contribution in [0.25, 0.3) is 0 Å². The van der Waals surface area contributed by atoms with E-state index in [1.165, 1.54) is 12.8 Å². The van der Waals surface area contributed by atoms with E-state index in [0.717, 1.165) is 19.4 Å². The van der Waals surface area contributed by atoms with Crippen LogP contribution < -0.4 is 5.73 Å². The summed E-state index contributed by atoms with van der Waals surface area (Å²) in [6.07, 6.45) is 6.32. The maximum atomic E-state index is 6.11. The third-order valence-electron chi connectivity index (χ3n) is 3.74. The summed E-state index contributed by atoms with van der Waals surface area (Å²) in [5.74, 6) is 0. The number of nitrogens with two attached hydrogens (primary N) is 1. The Labute approximate surface area is 93.9 Å². The second-order valence-corrected chi connectivity index (χ2v) is 5.42. The molecule has 0 amide bonds. The molecule has 1 aliphatic rings. The molecule has 15 heavy (non-hydrogen) atoms. The highest BCUT2D eigenvalue weighted by Gasteiger charge is 2.42. The molecule has 1 rings (SSSR count). The zero-order chi connectivity index (χ0) is 11.5. The monoisotopic (exact) mass is 211 g/mol. The van der Waals surface area contributed by atoms with E-state index in [2.05, 4.69) is 20.4 Å². The largest absolute Gasteiger partial charge is 0.373 e. The fourth-order valence-electron chi connectivity index (χ4n) is 2.43. The first-order valence-corrected chi connectivity index (χ1v) is 5.98. The predicted octanol–water partition coefficient (Wildman–Crippen LogP) is 2.88. The van der Waals surface area contributed by atoms with Gasteiger partial charge in [0.1, 0.15) is 0 Å². The van der Waals surface area contributed by atoms with Crippen LogP contribution in [0.4, 0.5) is 0 Å². The molecule has 1 saturated carbocycles. The van der Waals surface area contributed by atoms with Crippen molar-refractivity contribution in [3.8, 4) is 0 Å². The maximum absolute atomic E-state index is 6.11. The van der Waals surface area contributed by atoms with Crippen molar-refractivity contribution in [2.75, 3.05) is 6.61 Å². The van der Waals surface area contributed by atoms with E-state index in [1.54, 1.807) is 0 Å². The lowest BCUT2D eigenvalue weighted by Crippen LogP contribution is -2.52. The molecule has 2 heteroatoms. The van der Waals surface area contributed by atoms with E-state index in [4.69, 9.17) is 10.5 Å². The van der Waals surface area contributed by atoms with Crippen LogP contribution in [0.1, 0.15) is 46.5 Å². The molecule has 0 aromatic rings. The minimum atomic E-state index is -0.147. The zero-order valence-corrected chi connectivity index (χ0v) is 10.4. The van der Waals surface area contributed by atoms with Gasteiger partial charge in [0.25, 0.3) is 0 Å². The topological polar surface area (TPSA) is 35.2 Å². The molecule has 0 heterocycles. The summed E-state index contributed by atoms with van der Waals surface area (Å²) >= 11 is 0. The van der Waals surface area contributed by atoms with E-state index < -0.39 is 0 Å². The average molecular weight is 211 g/mol. The maximum Gasteiger partial charge on any atom is 0.0868 e. The van der Waals surface area contributed by atoms with Gasteiger partial charge in [-0.25, -0.2) is 0 Å². The minimum Gasteiger partial charge on any atom is -0.373 e. The van der Waals surface area contributed by atoms with Crippen LogP contribution in [0.3, 0.4) is 0 Å².